The maximum absolute atomic E-state index is 13.3. The molecule has 1 fully saturated rings. The fourth-order valence-electron chi connectivity index (χ4n) is 4.35. The molecule has 0 radical (unpaired) electrons. The minimum Gasteiger partial charge on any atom is -0.507 e. The van der Waals surface area contributed by atoms with Crippen LogP contribution in [0.3, 0.4) is 0 Å². The molecule has 0 aliphatic carbocycles. The zero-order valence-electron chi connectivity index (χ0n) is 18.8. The Bertz CT molecular complexity index is 1510. The van der Waals surface area contributed by atoms with Gasteiger partial charge in [-0.05, 0) is 47.2 Å². The molecule has 0 bridgehead atoms. The lowest BCUT2D eigenvalue weighted by atomic mass is 9.97. The quantitative estimate of drug-likeness (QED) is 0.257. The third-order valence-corrected chi connectivity index (χ3v) is 5.88. The van der Waals surface area contributed by atoms with Crippen molar-refractivity contribution in [2.75, 3.05) is 10.2 Å². The van der Waals surface area contributed by atoms with E-state index in [1.807, 2.05) is 30.3 Å². The van der Waals surface area contributed by atoms with Crippen molar-refractivity contribution in [3.8, 4) is 0 Å². The van der Waals surface area contributed by atoms with Crippen molar-refractivity contribution in [2.45, 2.75) is 13.0 Å². The Labute approximate surface area is 201 Å². The summed E-state index contributed by atoms with van der Waals surface area (Å²) in [6.07, 6.45) is 1.57. The lowest BCUT2D eigenvalue weighted by Gasteiger charge is -2.25. The lowest BCUT2D eigenvalue weighted by molar-refractivity contribution is -0.132. The van der Waals surface area contributed by atoms with Gasteiger partial charge >= 0.3 is 0 Å². The van der Waals surface area contributed by atoms with Gasteiger partial charge < -0.3 is 10.4 Å². The summed E-state index contributed by atoms with van der Waals surface area (Å²) in [4.78, 5) is 43.8. The summed E-state index contributed by atoms with van der Waals surface area (Å²) in [6.45, 7) is 1.39. The second kappa shape index (κ2) is 8.87. The summed E-state index contributed by atoms with van der Waals surface area (Å²) >= 11 is 0. The van der Waals surface area contributed by atoms with E-state index in [0.29, 0.717) is 22.6 Å². The molecule has 1 aliphatic rings. The van der Waals surface area contributed by atoms with Crippen LogP contribution in [-0.2, 0) is 14.4 Å². The first-order valence-electron chi connectivity index (χ1n) is 11.0. The Kier molecular flexibility index (Phi) is 5.58. The maximum Gasteiger partial charge on any atom is 0.300 e. The monoisotopic (exact) mass is 463 g/mol. The third kappa shape index (κ3) is 4.04. The van der Waals surface area contributed by atoms with Gasteiger partial charge in [-0.15, -0.1) is 0 Å². The number of amides is 2. The van der Waals surface area contributed by atoms with Gasteiger partial charge in [0.2, 0.25) is 5.91 Å². The van der Waals surface area contributed by atoms with Gasteiger partial charge in [0.05, 0.1) is 11.3 Å². The number of aromatic nitrogens is 1. The molecule has 2 heterocycles. The number of hydrogen-bond acceptors (Lipinski definition) is 5. The Morgan fingerprint density at radius 2 is 1.69 bits per heavy atom. The first-order valence-corrected chi connectivity index (χ1v) is 11.0. The second-order valence-corrected chi connectivity index (χ2v) is 8.22. The number of pyridine rings is 1. The molecule has 1 saturated heterocycles. The molecule has 2 N–H and O–H groups in total. The number of rotatable bonds is 4. The van der Waals surface area contributed by atoms with Crippen molar-refractivity contribution >= 4 is 45.5 Å². The van der Waals surface area contributed by atoms with E-state index in [4.69, 9.17) is 0 Å². The summed E-state index contributed by atoms with van der Waals surface area (Å²) in [7, 11) is 0. The molecule has 1 atom stereocenters. The average molecular weight is 463 g/mol. The van der Waals surface area contributed by atoms with E-state index in [9.17, 15) is 19.5 Å². The van der Waals surface area contributed by atoms with Crippen LogP contribution in [0.5, 0.6) is 0 Å². The fourth-order valence-corrected chi connectivity index (χ4v) is 4.35. The number of carbonyl (C=O) groups excluding carboxylic acids is 3. The van der Waals surface area contributed by atoms with Gasteiger partial charge in [-0.3, -0.25) is 24.3 Å². The summed E-state index contributed by atoms with van der Waals surface area (Å²) in [5.74, 6) is -2.13. The van der Waals surface area contributed by atoms with Gasteiger partial charge in [0.15, 0.2) is 0 Å². The molecule has 2 amide bonds. The third-order valence-electron chi connectivity index (χ3n) is 5.88. The van der Waals surface area contributed by atoms with Crippen molar-refractivity contribution in [3.05, 3.63) is 108 Å². The van der Waals surface area contributed by atoms with Gasteiger partial charge in [0, 0.05) is 30.1 Å². The van der Waals surface area contributed by atoms with Crippen LogP contribution in [-0.4, -0.2) is 27.7 Å². The predicted molar refractivity (Wildman–Crippen MR) is 134 cm³/mol. The lowest BCUT2D eigenvalue weighted by Crippen LogP contribution is -2.30. The Hall–Kier alpha value is -4.78. The van der Waals surface area contributed by atoms with Crippen LogP contribution >= 0.6 is 0 Å². The summed E-state index contributed by atoms with van der Waals surface area (Å²) < 4.78 is 0. The Balaban J connectivity index is 1.69. The van der Waals surface area contributed by atoms with Gasteiger partial charge in [-0.1, -0.05) is 48.5 Å². The van der Waals surface area contributed by atoms with E-state index in [2.05, 4.69) is 10.3 Å². The number of hydrogen-bond donors (Lipinski definition) is 2. The number of aliphatic hydroxyl groups is 1. The molecular formula is C28H21N3O4. The average Bonchev–Trinajstić information content (AvgIpc) is 3.14. The van der Waals surface area contributed by atoms with E-state index >= 15 is 0 Å². The number of carbonyl (C=O) groups is 3. The molecule has 0 spiro atoms. The highest BCUT2D eigenvalue weighted by Gasteiger charge is 2.47. The minimum atomic E-state index is -0.949. The number of nitrogens with one attached hydrogen (secondary N) is 1. The highest BCUT2D eigenvalue weighted by Crippen LogP contribution is 2.42. The molecular weight excluding hydrogens is 442 g/mol. The zero-order chi connectivity index (χ0) is 24.5. The van der Waals surface area contributed by atoms with Crippen LogP contribution in [0.4, 0.5) is 11.4 Å². The first-order chi connectivity index (χ1) is 16.9. The highest BCUT2D eigenvalue weighted by atomic mass is 16.3. The van der Waals surface area contributed by atoms with Gasteiger partial charge in [0.1, 0.15) is 11.8 Å². The number of ketones is 1. The summed E-state index contributed by atoms with van der Waals surface area (Å²) in [5, 5.41) is 15.9. The van der Waals surface area contributed by atoms with Gasteiger partial charge in [-0.2, -0.15) is 0 Å². The SMILES string of the molecule is CC(=O)Nc1cccc(N2C(=O)C(=O)/C(=C(\O)c3ccc4ccccc4c3)C2c2ccccn2)c1. The Morgan fingerprint density at radius 1 is 0.914 bits per heavy atom. The molecule has 4 aromatic rings. The molecule has 172 valence electrons. The van der Waals surface area contributed by atoms with Crippen LogP contribution in [0.25, 0.3) is 16.5 Å². The Morgan fingerprint density at radius 3 is 2.43 bits per heavy atom. The first kappa shape index (κ1) is 22.0. The fraction of sp³-hybridized carbons (Fsp3) is 0.0714. The number of Topliss-reactive ketones (excluding diaryl/α,β-unsaturated/α-hetero) is 1. The van der Waals surface area contributed by atoms with Crippen LogP contribution in [0.15, 0.2) is 96.7 Å². The number of aliphatic hydroxyl groups excluding tert-OH is 1. The maximum atomic E-state index is 13.3. The zero-order valence-corrected chi connectivity index (χ0v) is 18.8. The molecule has 7 nitrogen and oxygen atoms in total. The van der Waals surface area contributed by atoms with Crippen molar-refractivity contribution in [3.63, 3.8) is 0 Å². The topological polar surface area (TPSA) is 99.6 Å². The molecule has 1 aliphatic heterocycles. The van der Waals surface area contributed by atoms with E-state index in [1.54, 1.807) is 60.8 Å². The summed E-state index contributed by atoms with van der Waals surface area (Å²) in [5.41, 5.74) is 1.68. The molecule has 7 heteroatoms. The molecule has 1 aromatic heterocycles. The van der Waals surface area contributed by atoms with E-state index < -0.39 is 17.7 Å². The highest BCUT2D eigenvalue weighted by molar-refractivity contribution is 6.51. The van der Waals surface area contributed by atoms with Crippen molar-refractivity contribution < 1.29 is 19.5 Å². The van der Waals surface area contributed by atoms with Crippen molar-refractivity contribution in [2.24, 2.45) is 0 Å². The molecule has 3 aromatic carbocycles. The smallest absolute Gasteiger partial charge is 0.300 e. The van der Waals surface area contributed by atoms with Crippen LogP contribution in [0, 0.1) is 0 Å². The number of anilines is 2. The largest absolute Gasteiger partial charge is 0.507 e. The normalized spacial score (nSPS) is 17.1. The van der Waals surface area contributed by atoms with Crippen LogP contribution in [0.2, 0.25) is 0 Å². The molecule has 0 saturated carbocycles. The minimum absolute atomic E-state index is 0.0473. The van der Waals surface area contributed by atoms with Crippen LogP contribution < -0.4 is 10.2 Å². The molecule has 1 unspecified atom stereocenters. The van der Waals surface area contributed by atoms with Crippen LogP contribution in [0.1, 0.15) is 24.2 Å². The van der Waals surface area contributed by atoms with E-state index in [0.717, 1.165) is 10.8 Å². The molecule has 35 heavy (non-hydrogen) atoms. The number of benzene rings is 3. The summed E-state index contributed by atoms with van der Waals surface area (Å²) in [6, 6.07) is 23.9. The number of nitrogens with zero attached hydrogens (tertiary/aromatic N) is 2. The number of fused-ring (bicyclic) bond motifs is 1. The van der Waals surface area contributed by atoms with Crippen molar-refractivity contribution in [1.82, 2.24) is 4.98 Å². The standard InChI is InChI=1S/C28H21N3O4/c1-17(32)30-21-9-6-10-22(16-21)31-25(23-11-4-5-14-29-23)24(27(34)28(31)35)26(33)20-13-12-18-7-2-3-8-19(18)15-20/h2-16,25,33H,1H3,(H,30,32)/b26-24-. The second-order valence-electron chi connectivity index (χ2n) is 8.22. The van der Waals surface area contributed by atoms with Crippen molar-refractivity contribution in [1.29, 1.82) is 0 Å². The van der Waals surface area contributed by atoms with E-state index in [-0.39, 0.29) is 17.2 Å². The predicted octanol–water partition coefficient (Wildman–Crippen LogP) is 4.82. The van der Waals surface area contributed by atoms with Gasteiger partial charge in [0.25, 0.3) is 11.7 Å². The van der Waals surface area contributed by atoms with Gasteiger partial charge in [-0.25, -0.2) is 0 Å². The van der Waals surface area contributed by atoms with E-state index in [1.165, 1.54) is 11.8 Å². The molecule has 5 rings (SSSR count).